The Hall–Kier alpha value is -5.22. The minimum Gasteiger partial charge on any atom is -0.448 e. The van der Waals surface area contributed by atoms with E-state index >= 15 is 0 Å². The molecule has 1 aliphatic heterocycles. The van der Waals surface area contributed by atoms with Crippen molar-refractivity contribution in [3.05, 3.63) is 112 Å². The minimum atomic E-state index is -1.39. The van der Waals surface area contributed by atoms with Crippen molar-refractivity contribution in [3.63, 3.8) is 0 Å². The first-order chi connectivity index (χ1) is 33.4. The molecule has 0 spiro atoms. The van der Waals surface area contributed by atoms with Crippen LogP contribution in [-0.2, 0) is 35.0 Å². The number of methoxy groups -OCH3 is 2. The topological polar surface area (TPSA) is 143 Å². The molecule has 4 amide bonds. The van der Waals surface area contributed by atoms with E-state index in [-0.39, 0.29) is 66.7 Å². The number of fused-ring (bicyclic) bond motifs is 3. The van der Waals surface area contributed by atoms with Crippen LogP contribution in [0.4, 0.5) is 4.79 Å². The summed E-state index contributed by atoms with van der Waals surface area (Å²) in [5.74, 6) is -1.67. The van der Waals surface area contributed by atoms with Gasteiger partial charge >= 0.3 is 6.09 Å². The molecule has 70 heavy (non-hydrogen) atoms. The third kappa shape index (κ3) is 12.1. The number of thiocarbonyl (C=S) groups is 1. The molecule has 2 N–H and O–H groups in total. The lowest BCUT2D eigenvalue weighted by Gasteiger charge is -2.41. The van der Waals surface area contributed by atoms with Gasteiger partial charge in [0.15, 0.2) is 0 Å². The number of hydrogen-bond donors (Lipinski definition) is 2. The Morgan fingerprint density at radius 1 is 0.900 bits per heavy atom. The number of likely N-dealkylation sites (N-methyl/N-ethyl adjacent to an activating group) is 2. The zero-order valence-corrected chi connectivity index (χ0v) is 44.5. The maximum Gasteiger partial charge on any atom is 0.410 e. The van der Waals surface area contributed by atoms with E-state index < -0.39 is 35.7 Å². The van der Waals surface area contributed by atoms with E-state index in [1.807, 2.05) is 87.4 Å². The summed E-state index contributed by atoms with van der Waals surface area (Å²) < 4.78 is 18.3. The number of nitrogens with one attached hydrogen (secondary N) is 2. The molecule has 15 heteroatoms. The Balaban J connectivity index is 1.10. The Morgan fingerprint density at radius 2 is 1.53 bits per heavy atom. The molecule has 1 fully saturated rings. The fourth-order valence-corrected chi connectivity index (χ4v) is 11.2. The van der Waals surface area contributed by atoms with Gasteiger partial charge in [0.2, 0.25) is 17.7 Å². The van der Waals surface area contributed by atoms with Gasteiger partial charge in [-0.15, -0.1) is 11.3 Å². The van der Waals surface area contributed by atoms with Crippen LogP contribution in [0.1, 0.15) is 108 Å². The molecule has 0 radical (unpaired) electrons. The third-order valence-corrected chi connectivity index (χ3v) is 16.2. The van der Waals surface area contributed by atoms with Crippen LogP contribution in [0, 0.1) is 17.8 Å². The normalized spacial score (nSPS) is 17.6. The van der Waals surface area contributed by atoms with Gasteiger partial charge in [-0.05, 0) is 72.8 Å². The van der Waals surface area contributed by atoms with E-state index in [1.165, 1.54) is 17.5 Å². The maximum atomic E-state index is 14.7. The summed E-state index contributed by atoms with van der Waals surface area (Å²) in [6, 6.07) is 24.7. The largest absolute Gasteiger partial charge is 0.448 e. The highest BCUT2D eigenvalue weighted by Gasteiger charge is 2.44. The summed E-state index contributed by atoms with van der Waals surface area (Å²) in [4.78, 5) is 67.3. The lowest BCUT2D eigenvalue weighted by Crippen LogP contribution is -2.62. The predicted molar refractivity (Wildman–Crippen MR) is 281 cm³/mol. The second kappa shape index (κ2) is 24.3. The van der Waals surface area contributed by atoms with Gasteiger partial charge in [-0.25, -0.2) is 9.78 Å². The highest BCUT2D eigenvalue weighted by Crippen LogP contribution is 2.44. The van der Waals surface area contributed by atoms with Gasteiger partial charge in [-0.2, -0.15) is 0 Å². The van der Waals surface area contributed by atoms with Crippen molar-refractivity contribution in [1.82, 2.24) is 30.3 Å². The number of rotatable bonds is 22. The van der Waals surface area contributed by atoms with Crippen LogP contribution in [0.3, 0.4) is 0 Å². The second-order valence-corrected chi connectivity index (χ2v) is 21.2. The highest BCUT2D eigenvalue weighted by molar-refractivity contribution is 7.80. The monoisotopic (exact) mass is 995 g/mol. The molecule has 1 aromatic heterocycles. The van der Waals surface area contributed by atoms with Gasteiger partial charge in [-0.3, -0.25) is 19.3 Å². The van der Waals surface area contributed by atoms with Crippen LogP contribution in [0.5, 0.6) is 0 Å². The molecule has 13 nitrogen and oxygen atoms in total. The number of carbonyl (C=O) groups excluding carboxylic acids is 4. The van der Waals surface area contributed by atoms with E-state index in [9.17, 15) is 19.2 Å². The lowest BCUT2D eigenvalue weighted by molar-refractivity contribution is -0.147. The fourth-order valence-electron chi connectivity index (χ4n) is 10.2. The van der Waals surface area contributed by atoms with Crippen LogP contribution >= 0.6 is 23.6 Å². The summed E-state index contributed by atoms with van der Waals surface area (Å²) in [6.45, 7) is 13.8. The second-order valence-electron chi connectivity index (χ2n) is 19.8. The molecular weight excluding hydrogens is 921 g/mol. The molecule has 2 aliphatic rings. The Bertz CT molecular complexity index is 2350. The molecule has 2 heterocycles. The van der Waals surface area contributed by atoms with E-state index in [1.54, 1.807) is 57.5 Å². The predicted octanol–water partition coefficient (Wildman–Crippen LogP) is 9.06. The highest BCUT2D eigenvalue weighted by atomic mass is 32.1. The van der Waals surface area contributed by atoms with Crippen molar-refractivity contribution < 1.29 is 33.4 Å². The number of likely N-dealkylation sites (tertiary alicyclic amines) is 1. The van der Waals surface area contributed by atoms with Crippen molar-refractivity contribution in [2.24, 2.45) is 17.8 Å². The van der Waals surface area contributed by atoms with Gasteiger partial charge in [-0.1, -0.05) is 132 Å². The van der Waals surface area contributed by atoms with Gasteiger partial charge in [0.25, 0.3) is 0 Å². The molecule has 1 unspecified atom stereocenters. The molecule has 378 valence electrons. The number of ether oxygens (including phenoxy) is 3. The number of nitrogens with zero attached hydrogens (tertiary/aromatic N) is 4. The minimum absolute atomic E-state index is 0.0347. The van der Waals surface area contributed by atoms with Gasteiger partial charge in [0, 0.05) is 58.3 Å². The van der Waals surface area contributed by atoms with E-state index in [2.05, 4.69) is 52.0 Å². The standard InChI is InChI=1S/C55H74N6O7S2/c1-12-35(4)48(45(66-10)32-46(62)61-29-20-27-44(61)49(67-11)36(5)50(69)57-43(51-56-28-30-70-51)31-37-21-14-13-15-22-37)59(8)52(63)47(34(2)3)58-53(64)55(6,7)60(9)54(65)68-33-42-40-25-18-16-23-38(40)39-24-17-19-26-41(39)42/h13-19,21-26,28,30,34-36,42-45,47-49H,12,20,27,29,31-33H2,1-11H3,(H,57,69)(H,58,64)/t35-,36+,43-,44-,45+,47-,48-,49?/m0/s1. The van der Waals surface area contributed by atoms with Crippen LogP contribution in [0.25, 0.3) is 11.1 Å². The Kier molecular flexibility index (Phi) is 18.8. The molecule has 3 aromatic carbocycles. The summed E-state index contributed by atoms with van der Waals surface area (Å²) in [5, 5.41) is 9.51. The Labute approximate surface area is 425 Å². The number of amides is 4. The summed E-state index contributed by atoms with van der Waals surface area (Å²) in [5.41, 5.74) is 4.19. The lowest BCUT2D eigenvalue weighted by atomic mass is 9.89. The zero-order valence-electron chi connectivity index (χ0n) is 42.8. The zero-order chi connectivity index (χ0) is 50.9. The first-order valence-electron chi connectivity index (χ1n) is 24.7. The molecule has 1 aliphatic carbocycles. The Morgan fingerprint density at radius 3 is 2.10 bits per heavy atom. The third-order valence-electron chi connectivity index (χ3n) is 14.8. The van der Waals surface area contributed by atoms with E-state index in [0.717, 1.165) is 40.1 Å². The van der Waals surface area contributed by atoms with Crippen molar-refractivity contribution in [1.29, 1.82) is 0 Å². The number of carbonyl (C=O) groups is 4. The van der Waals surface area contributed by atoms with Crippen molar-refractivity contribution in [2.45, 2.75) is 128 Å². The molecule has 0 bridgehead atoms. The van der Waals surface area contributed by atoms with Crippen LogP contribution in [0.15, 0.2) is 90.4 Å². The van der Waals surface area contributed by atoms with Gasteiger partial charge in [0.1, 0.15) is 23.2 Å². The fraction of sp³-hybridized carbons (Fsp3) is 0.527. The number of hydrogen-bond acceptors (Lipinski definition) is 10. The quantitative estimate of drug-likeness (QED) is 0.0733. The van der Waals surface area contributed by atoms with Crippen LogP contribution in [-0.4, -0.2) is 126 Å². The number of thiazole rings is 1. The van der Waals surface area contributed by atoms with E-state index in [4.69, 9.17) is 26.4 Å². The number of aromatic nitrogens is 1. The molecule has 4 aromatic rings. The van der Waals surface area contributed by atoms with Crippen molar-refractivity contribution in [2.75, 3.05) is 41.5 Å². The van der Waals surface area contributed by atoms with Gasteiger partial charge in [0.05, 0.1) is 41.7 Å². The summed E-state index contributed by atoms with van der Waals surface area (Å²) >= 11 is 7.67. The summed E-state index contributed by atoms with van der Waals surface area (Å²) in [7, 11) is 6.51. The average Bonchev–Trinajstić information content (AvgIpc) is 4.15. The van der Waals surface area contributed by atoms with Gasteiger partial charge < -0.3 is 34.6 Å². The first-order valence-corrected chi connectivity index (χ1v) is 26.0. The van der Waals surface area contributed by atoms with E-state index in [0.29, 0.717) is 24.4 Å². The first kappa shape index (κ1) is 54.1. The summed E-state index contributed by atoms with van der Waals surface area (Å²) in [6.07, 6.45) is 3.14. The van der Waals surface area contributed by atoms with Crippen molar-refractivity contribution >= 4 is 52.4 Å². The molecule has 6 rings (SSSR count). The smallest absolute Gasteiger partial charge is 0.410 e. The molecule has 8 atom stereocenters. The van der Waals surface area contributed by atoms with Crippen LogP contribution < -0.4 is 10.6 Å². The molecular formula is C55H74N6O7S2. The number of benzene rings is 3. The SMILES string of the molecule is CC[C@H](C)[C@@H]([C@@H](CC(=O)N1CCC[C@H]1C(OC)[C@@H](C)C(=S)N[C@@H](Cc1ccccc1)c1nccs1)OC)N(C)C(=O)[C@@H](NC(=O)C(C)(C)N(C)C(=O)OCC1c2ccccc2-c2ccccc21)C(C)C. The van der Waals surface area contributed by atoms with Crippen LogP contribution in [0.2, 0.25) is 0 Å². The van der Waals surface area contributed by atoms with Crippen molar-refractivity contribution in [3.8, 4) is 11.1 Å². The average molecular weight is 995 g/mol. The molecule has 0 saturated carbocycles. The molecule has 1 saturated heterocycles. The maximum absolute atomic E-state index is 14.7.